The van der Waals surface area contributed by atoms with Crippen LogP contribution >= 0.6 is 0 Å². The van der Waals surface area contributed by atoms with E-state index in [9.17, 15) is 17.2 Å². The highest BCUT2D eigenvalue weighted by Crippen LogP contribution is 2.24. The van der Waals surface area contributed by atoms with Gasteiger partial charge in [0.1, 0.15) is 16.5 Å². The predicted molar refractivity (Wildman–Crippen MR) is 114 cm³/mol. The average molecular weight is 445 g/mol. The zero-order valence-electron chi connectivity index (χ0n) is 16.8. The maximum Gasteiger partial charge on any atom is 0.264 e. The monoisotopic (exact) mass is 445 g/mol. The van der Waals surface area contributed by atoms with Crippen molar-refractivity contribution in [3.8, 4) is 11.3 Å². The van der Waals surface area contributed by atoms with Gasteiger partial charge in [-0.1, -0.05) is 12.1 Å². The number of anilines is 2. The lowest BCUT2D eigenvalue weighted by molar-refractivity contribution is 0.312. The fourth-order valence-electron chi connectivity index (χ4n) is 3.29. The summed E-state index contributed by atoms with van der Waals surface area (Å²) in [7, 11) is -2.18. The Balaban J connectivity index is 1.47. The molecule has 2 heterocycles. The molecule has 0 radical (unpaired) electrons. The van der Waals surface area contributed by atoms with E-state index >= 15 is 0 Å². The van der Waals surface area contributed by atoms with Crippen LogP contribution < -0.4 is 9.62 Å². The van der Waals surface area contributed by atoms with Crippen molar-refractivity contribution in [2.45, 2.75) is 4.90 Å². The van der Waals surface area contributed by atoms with Gasteiger partial charge in [-0.05, 0) is 49.5 Å². The fourth-order valence-corrected chi connectivity index (χ4v) is 4.43. The van der Waals surface area contributed by atoms with Crippen LogP contribution in [0.15, 0.2) is 59.5 Å². The highest BCUT2D eigenvalue weighted by Gasteiger charge is 2.20. The summed E-state index contributed by atoms with van der Waals surface area (Å²) in [5, 5.41) is 8.59. The lowest BCUT2D eigenvalue weighted by atomic mass is 10.1. The maximum atomic E-state index is 13.8. The molecule has 0 atom stereocenters. The summed E-state index contributed by atoms with van der Waals surface area (Å²) in [6.07, 6.45) is 0. The van der Waals surface area contributed by atoms with Crippen LogP contribution in [0.3, 0.4) is 0 Å². The third kappa shape index (κ3) is 4.80. The molecule has 0 unspecified atom stereocenters. The topological polar surface area (TPSA) is 78.4 Å². The SMILES string of the molecule is CN1CCN(c2ccc(-c3ccc(NS(=O)(=O)c4cc(F)ccc4F)cc3)nn2)CC1. The van der Waals surface area contributed by atoms with Crippen molar-refractivity contribution >= 4 is 21.5 Å². The Hall–Kier alpha value is -3.11. The van der Waals surface area contributed by atoms with Gasteiger partial charge in [-0.3, -0.25) is 4.72 Å². The Morgan fingerprint density at radius 1 is 0.903 bits per heavy atom. The van der Waals surface area contributed by atoms with Gasteiger partial charge in [-0.15, -0.1) is 10.2 Å². The first-order valence-electron chi connectivity index (χ1n) is 9.67. The van der Waals surface area contributed by atoms with Crippen molar-refractivity contribution in [1.82, 2.24) is 15.1 Å². The largest absolute Gasteiger partial charge is 0.353 e. The quantitative estimate of drug-likeness (QED) is 0.651. The van der Waals surface area contributed by atoms with Crippen molar-refractivity contribution in [3.63, 3.8) is 0 Å². The minimum atomic E-state index is -4.27. The van der Waals surface area contributed by atoms with Crippen molar-refractivity contribution in [2.75, 3.05) is 42.8 Å². The van der Waals surface area contributed by atoms with Gasteiger partial charge < -0.3 is 9.80 Å². The summed E-state index contributed by atoms with van der Waals surface area (Å²) in [6, 6.07) is 12.5. The molecule has 162 valence electrons. The summed E-state index contributed by atoms with van der Waals surface area (Å²) in [6.45, 7) is 3.73. The minimum Gasteiger partial charge on any atom is -0.353 e. The number of piperazine rings is 1. The third-order valence-electron chi connectivity index (χ3n) is 5.09. The number of aromatic nitrogens is 2. The van der Waals surface area contributed by atoms with Gasteiger partial charge >= 0.3 is 0 Å². The molecule has 1 aromatic heterocycles. The van der Waals surface area contributed by atoms with Crippen molar-refractivity contribution in [2.24, 2.45) is 0 Å². The predicted octanol–water partition coefficient (Wildman–Crippen LogP) is 2.97. The molecule has 0 saturated carbocycles. The first-order chi connectivity index (χ1) is 14.8. The number of nitrogens with one attached hydrogen (secondary N) is 1. The van der Waals surface area contributed by atoms with Gasteiger partial charge in [0.25, 0.3) is 10.0 Å². The molecule has 1 N–H and O–H groups in total. The normalized spacial score (nSPS) is 15.1. The second-order valence-electron chi connectivity index (χ2n) is 7.32. The summed E-state index contributed by atoms with van der Waals surface area (Å²) in [5.74, 6) is -1.05. The van der Waals surface area contributed by atoms with Gasteiger partial charge in [0.15, 0.2) is 5.82 Å². The first kappa shape index (κ1) is 21.1. The molecule has 7 nitrogen and oxygen atoms in total. The highest BCUT2D eigenvalue weighted by atomic mass is 32.2. The van der Waals surface area contributed by atoms with E-state index in [4.69, 9.17) is 0 Å². The molecule has 4 rings (SSSR count). The third-order valence-corrected chi connectivity index (χ3v) is 6.49. The van der Waals surface area contributed by atoms with Crippen LogP contribution in [0, 0.1) is 11.6 Å². The Labute approximate surface area is 179 Å². The van der Waals surface area contributed by atoms with Gasteiger partial charge in [-0.25, -0.2) is 17.2 Å². The van der Waals surface area contributed by atoms with Crippen LogP contribution in [-0.4, -0.2) is 56.7 Å². The van der Waals surface area contributed by atoms with Crippen LogP contribution in [0.1, 0.15) is 0 Å². The number of hydrogen-bond acceptors (Lipinski definition) is 6. The smallest absolute Gasteiger partial charge is 0.264 e. The molecule has 1 aliphatic rings. The lowest BCUT2D eigenvalue weighted by Gasteiger charge is -2.32. The molecule has 10 heteroatoms. The lowest BCUT2D eigenvalue weighted by Crippen LogP contribution is -2.44. The van der Waals surface area contributed by atoms with E-state index in [0.29, 0.717) is 11.8 Å². The summed E-state index contributed by atoms with van der Waals surface area (Å²) < 4.78 is 54.2. The molecule has 1 fully saturated rings. The number of halogens is 2. The number of rotatable bonds is 5. The molecule has 1 aliphatic heterocycles. The number of likely N-dealkylation sites (N-methyl/N-ethyl adjacent to an activating group) is 1. The summed E-state index contributed by atoms with van der Waals surface area (Å²) >= 11 is 0. The van der Waals surface area contributed by atoms with E-state index in [2.05, 4.69) is 31.8 Å². The van der Waals surface area contributed by atoms with Crippen molar-refractivity contribution < 1.29 is 17.2 Å². The number of nitrogens with zero attached hydrogens (tertiary/aromatic N) is 4. The van der Waals surface area contributed by atoms with Crippen LogP contribution in [0.4, 0.5) is 20.3 Å². The second-order valence-corrected chi connectivity index (χ2v) is 8.98. The molecule has 0 amide bonds. The molecule has 0 aliphatic carbocycles. The number of hydrogen-bond donors (Lipinski definition) is 1. The average Bonchev–Trinajstić information content (AvgIpc) is 2.76. The standard InChI is InChI=1S/C21H21F2N5O2S/c1-27-10-12-28(13-11-27)21-9-8-19(24-25-21)15-2-5-17(6-3-15)26-31(29,30)20-14-16(22)4-7-18(20)23/h2-9,14,26H,10-13H2,1H3. The molecule has 3 aromatic rings. The molecular formula is C21H21F2N5O2S. The van der Waals surface area contributed by atoms with Crippen LogP contribution in [0.5, 0.6) is 0 Å². The Morgan fingerprint density at radius 3 is 2.26 bits per heavy atom. The van der Waals surface area contributed by atoms with E-state index < -0.39 is 26.6 Å². The molecular weight excluding hydrogens is 424 g/mol. The molecule has 0 bridgehead atoms. The second kappa shape index (κ2) is 8.56. The van der Waals surface area contributed by atoms with E-state index in [1.807, 2.05) is 12.1 Å². The fraction of sp³-hybridized carbons (Fsp3) is 0.238. The van der Waals surface area contributed by atoms with Crippen LogP contribution in [0.2, 0.25) is 0 Å². The summed E-state index contributed by atoms with van der Waals surface area (Å²) in [5.41, 5.74) is 1.61. The van der Waals surface area contributed by atoms with Crippen molar-refractivity contribution in [3.05, 3.63) is 66.2 Å². The van der Waals surface area contributed by atoms with Gasteiger partial charge in [-0.2, -0.15) is 0 Å². The number of benzene rings is 2. The van der Waals surface area contributed by atoms with E-state index in [1.54, 1.807) is 12.1 Å². The van der Waals surface area contributed by atoms with E-state index in [0.717, 1.165) is 49.7 Å². The summed E-state index contributed by atoms with van der Waals surface area (Å²) in [4.78, 5) is 3.69. The van der Waals surface area contributed by atoms with Crippen LogP contribution in [0.25, 0.3) is 11.3 Å². The van der Waals surface area contributed by atoms with E-state index in [1.165, 1.54) is 12.1 Å². The molecule has 1 saturated heterocycles. The molecule has 2 aromatic carbocycles. The van der Waals surface area contributed by atoms with Gasteiger partial charge in [0.05, 0.1) is 5.69 Å². The molecule has 0 spiro atoms. The van der Waals surface area contributed by atoms with E-state index in [-0.39, 0.29) is 5.69 Å². The van der Waals surface area contributed by atoms with Crippen LogP contribution in [-0.2, 0) is 10.0 Å². The first-order valence-corrected chi connectivity index (χ1v) is 11.2. The van der Waals surface area contributed by atoms with Gasteiger partial charge in [0, 0.05) is 37.4 Å². The zero-order valence-corrected chi connectivity index (χ0v) is 17.6. The van der Waals surface area contributed by atoms with Gasteiger partial charge in [0.2, 0.25) is 0 Å². The Bertz CT molecular complexity index is 1160. The highest BCUT2D eigenvalue weighted by molar-refractivity contribution is 7.92. The Kier molecular flexibility index (Phi) is 5.84. The Morgan fingerprint density at radius 2 is 1.61 bits per heavy atom. The molecule has 31 heavy (non-hydrogen) atoms. The number of sulfonamides is 1. The maximum absolute atomic E-state index is 13.8. The van der Waals surface area contributed by atoms with Crippen molar-refractivity contribution in [1.29, 1.82) is 0 Å². The minimum absolute atomic E-state index is 0.217. The zero-order chi connectivity index (χ0) is 22.0.